The van der Waals surface area contributed by atoms with Gasteiger partial charge in [0.15, 0.2) is 0 Å². The zero-order valence-corrected chi connectivity index (χ0v) is 14.2. The lowest BCUT2D eigenvalue weighted by molar-refractivity contribution is -0.123. The van der Waals surface area contributed by atoms with Crippen LogP contribution in [-0.2, 0) is 9.53 Å². The molecule has 0 saturated carbocycles. The number of halogens is 1. The highest BCUT2D eigenvalue weighted by atomic mass is 19.1. The van der Waals surface area contributed by atoms with E-state index < -0.39 is 5.92 Å². The fraction of sp³-hybridized carbons (Fsp3) is 0.556. The molecule has 1 heterocycles. The Bertz CT molecular complexity index is 545. The van der Waals surface area contributed by atoms with Crippen LogP contribution in [0.4, 0.5) is 4.39 Å². The van der Waals surface area contributed by atoms with Crippen molar-refractivity contribution in [3.63, 3.8) is 0 Å². The van der Waals surface area contributed by atoms with Crippen molar-refractivity contribution in [1.82, 2.24) is 5.32 Å². The molecule has 0 aliphatic carbocycles. The number of carbonyl (C=O) groups is 1. The Kier molecular flexibility index (Phi) is 7.81. The largest absolute Gasteiger partial charge is 0.494 e. The van der Waals surface area contributed by atoms with Crippen LogP contribution in [0, 0.1) is 23.1 Å². The Balaban J connectivity index is 1.60. The normalized spacial score (nSPS) is 21.4. The number of nitrogens with two attached hydrogens (primary N) is 1. The van der Waals surface area contributed by atoms with Gasteiger partial charge in [-0.15, -0.1) is 0 Å². The summed E-state index contributed by atoms with van der Waals surface area (Å²) in [6, 6.07) is 6.00. The molecule has 6 nitrogen and oxygen atoms in total. The Morgan fingerprint density at radius 1 is 1.44 bits per heavy atom. The lowest BCUT2D eigenvalue weighted by atomic mass is 9.95. The van der Waals surface area contributed by atoms with Gasteiger partial charge in [0, 0.05) is 25.9 Å². The molecule has 0 spiro atoms. The van der Waals surface area contributed by atoms with Crippen LogP contribution in [0.2, 0.25) is 0 Å². The van der Waals surface area contributed by atoms with Crippen LogP contribution < -0.4 is 15.8 Å². The fourth-order valence-electron chi connectivity index (χ4n) is 2.72. The molecule has 1 saturated heterocycles. The minimum absolute atomic E-state index is 0.00220. The molecule has 1 fully saturated rings. The molecule has 1 unspecified atom stereocenters. The van der Waals surface area contributed by atoms with E-state index in [1.807, 2.05) is 0 Å². The van der Waals surface area contributed by atoms with E-state index in [9.17, 15) is 9.18 Å². The van der Waals surface area contributed by atoms with Crippen molar-refractivity contribution in [2.45, 2.75) is 25.4 Å². The Hall–Kier alpha value is -1.99. The van der Waals surface area contributed by atoms with Crippen LogP contribution >= 0.6 is 0 Å². The highest BCUT2D eigenvalue weighted by Crippen LogP contribution is 2.22. The predicted octanol–water partition coefficient (Wildman–Crippen LogP) is 1.73. The van der Waals surface area contributed by atoms with Crippen molar-refractivity contribution in [3.8, 4) is 5.75 Å². The summed E-state index contributed by atoms with van der Waals surface area (Å²) in [6.45, 7) is 1.79. The van der Waals surface area contributed by atoms with Gasteiger partial charge in [-0.3, -0.25) is 4.79 Å². The number of amides is 1. The van der Waals surface area contributed by atoms with Gasteiger partial charge in [-0.2, -0.15) is 0 Å². The maximum atomic E-state index is 12.8. The van der Waals surface area contributed by atoms with Crippen molar-refractivity contribution in [2.75, 3.05) is 26.3 Å². The second kappa shape index (κ2) is 10.1. The summed E-state index contributed by atoms with van der Waals surface area (Å²) in [4.78, 5) is 11.8. The number of hydrogen-bond acceptors (Lipinski definition) is 5. The van der Waals surface area contributed by atoms with Crippen LogP contribution in [-0.4, -0.2) is 44.5 Å². The van der Waals surface area contributed by atoms with Gasteiger partial charge in [-0.25, -0.2) is 4.39 Å². The minimum atomic E-state index is -0.569. The molecule has 4 N–H and O–H groups in total. The lowest BCUT2D eigenvalue weighted by Gasteiger charge is -2.29. The van der Waals surface area contributed by atoms with Crippen LogP contribution in [0.1, 0.15) is 19.3 Å². The standard InChI is InChI=1S/C18H26FN3O3/c19-15-2-5-16(6-3-15)24-8-7-13-1-4-17(25-12-13)11-22-18(23)14(9-20)10-21/h2-3,5-6,9,13-14,17,20H,1,4,7-8,10-12,21H2,(H,22,23)/t13-,14?,17+/m1/s1. The van der Waals surface area contributed by atoms with E-state index in [2.05, 4.69) is 5.32 Å². The maximum absolute atomic E-state index is 12.8. The molecule has 138 valence electrons. The Morgan fingerprint density at radius 2 is 2.20 bits per heavy atom. The van der Waals surface area contributed by atoms with E-state index in [0.29, 0.717) is 31.4 Å². The van der Waals surface area contributed by atoms with Crippen LogP contribution in [0.5, 0.6) is 5.75 Å². The monoisotopic (exact) mass is 351 g/mol. The molecule has 0 aromatic heterocycles. The molecule has 25 heavy (non-hydrogen) atoms. The third-order valence-electron chi connectivity index (χ3n) is 4.37. The van der Waals surface area contributed by atoms with Crippen LogP contribution in [0.25, 0.3) is 0 Å². The van der Waals surface area contributed by atoms with Gasteiger partial charge < -0.3 is 25.9 Å². The van der Waals surface area contributed by atoms with Gasteiger partial charge in [0.25, 0.3) is 0 Å². The molecule has 1 amide bonds. The van der Waals surface area contributed by atoms with E-state index in [0.717, 1.165) is 25.5 Å². The van der Waals surface area contributed by atoms with Gasteiger partial charge in [-0.1, -0.05) is 0 Å². The summed E-state index contributed by atoms with van der Waals surface area (Å²) in [5.41, 5.74) is 5.43. The minimum Gasteiger partial charge on any atom is -0.494 e. The number of benzene rings is 1. The number of nitrogens with one attached hydrogen (secondary N) is 2. The van der Waals surface area contributed by atoms with E-state index in [4.69, 9.17) is 20.6 Å². The first-order valence-corrected chi connectivity index (χ1v) is 8.60. The molecular formula is C18H26FN3O3. The van der Waals surface area contributed by atoms with Crippen molar-refractivity contribution in [2.24, 2.45) is 17.6 Å². The first-order chi connectivity index (χ1) is 12.1. The fourth-order valence-corrected chi connectivity index (χ4v) is 2.72. The van der Waals surface area contributed by atoms with Gasteiger partial charge >= 0.3 is 0 Å². The molecule has 1 aliphatic rings. The lowest BCUT2D eigenvalue weighted by Crippen LogP contribution is -2.42. The van der Waals surface area contributed by atoms with E-state index in [1.54, 1.807) is 12.1 Å². The molecule has 2 rings (SSSR count). The van der Waals surface area contributed by atoms with E-state index >= 15 is 0 Å². The van der Waals surface area contributed by atoms with Crippen molar-refractivity contribution in [3.05, 3.63) is 30.1 Å². The Morgan fingerprint density at radius 3 is 2.80 bits per heavy atom. The third-order valence-corrected chi connectivity index (χ3v) is 4.37. The quantitative estimate of drug-likeness (QED) is 0.590. The van der Waals surface area contributed by atoms with Gasteiger partial charge in [0.05, 0.1) is 18.6 Å². The smallest absolute Gasteiger partial charge is 0.229 e. The van der Waals surface area contributed by atoms with Gasteiger partial charge in [0.1, 0.15) is 11.6 Å². The molecule has 0 radical (unpaired) electrons. The number of ether oxygens (including phenoxy) is 2. The van der Waals surface area contributed by atoms with E-state index in [1.165, 1.54) is 12.1 Å². The second-order valence-electron chi connectivity index (χ2n) is 6.24. The topological polar surface area (TPSA) is 97.4 Å². The maximum Gasteiger partial charge on any atom is 0.229 e. The summed E-state index contributed by atoms with van der Waals surface area (Å²) in [7, 11) is 0. The summed E-state index contributed by atoms with van der Waals surface area (Å²) in [5.74, 6) is 0.0190. The van der Waals surface area contributed by atoms with Crippen molar-refractivity contribution >= 4 is 12.1 Å². The predicted molar refractivity (Wildman–Crippen MR) is 93.3 cm³/mol. The first kappa shape index (κ1) is 19.3. The molecule has 1 aliphatic heterocycles. The molecule has 7 heteroatoms. The zero-order chi connectivity index (χ0) is 18.1. The molecule has 0 bridgehead atoms. The average Bonchev–Trinajstić information content (AvgIpc) is 2.64. The van der Waals surface area contributed by atoms with Crippen molar-refractivity contribution in [1.29, 1.82) is 5.41 Å². The van der Waals surface area contributed by atoms with Crippen LogP contribution in [0.15, 0.2) is 24.3 Å². The van der Waals surface area contributed by atoms with E-state index in [-0.39, 0.29) is 24.4 Å². The van der Waals surface area contributed by atoms with Crippen molar-refractivity contribution < 1.29 is 18.7 Å². The van der Waals surface area contributed by atoms with Gasteiger partial charge in [-0.05, 0) is 49.4 Å². The highest BCUT2D eigenvalue weighted by Gasteiger charge is 2.23. The Labute approximate surface area is 147 Å². The summed E-state index contributed by atoms with van der Waals surface area (Å²) < 4.78 is 24.2. The first-order valence-electron chi connectivity index (χ1n) is 8.60. The van der Waals surface area contributed by atoms with Crippen LogP contribution in [0.3, 0.4) is 0 Å². The number of hydrogen-bond donors (Lipinski definition) is 3. The average molecular weight is 351 g/mol. The molecule has 1 aromatic carbocycles. The summed E-state index contributed by atoms with van der Waals surface area (Å²) in [5, 5.41) is 9.94. The highest BCUT2D eigenvalue weighted by molar-refractivity contribution is 5.92. The zero-order valence-electron chi connectivity index (χ0n) is 14.2. The molecular weight excluding hydrogens is 325 g/mol. The summed E-state index contributed by atoms with van der Waals surface area (Å²) >= 11 is 0. The number of rotatable bonds is 9. The number of carbonyl (C=O) groups excluding carboxylic acids is 1. The van der Waals surface area contributed by atoms with Gasteiger partial charge in [0.2, 0.25) is 5.91 Å². The summed E-state index contributed by atoms with van der Waals surface area (Å²) in [6.07, 6.45) is 3.83. The molecule has 3 atom stereocenters. The molecule has 1 aromatic rings. The second-order valence-corrected chi connectivity index (χ2v) is 6.24. The SMILES string of the molecule is N=CC(CN)C(=O)NC[C@@H]1CC[C@H](CCOc2ccc(F)cc2)CO1. The third kappa shape index (κ3) is 6.43.